The quantitative estimate of drug-likeness (QED) is 0.353. The van der Waals surface area contributed by atoms with E-state index >= 15 is 0 Å². The van der Waals surface area contributed by atoms with Crippen LogP contribution >= 0.6 is 11.8 Å². The number of fused-ring (bicyclic) bond motifs is 1. The highest BCUT2D eigenvalue weighted by Gasteiger charge is 2.33. The number of benzene rings is 1. The van der Waals surface area contributed by atoms with Crippen molar-refractivity contribution in [3.63, 3.8) is 0 Å². The van der Waals surface area contributed by atoms with Gasteiger partial charge in [0.1, 0.15) is 6.04 Å². The van der Waals surface area contributed by atoms with Crippen molar-refractivity contribution in [3.05, 3.63) is 35.0 Å². The van der Waals surface area contributed by atoms with Crippen molar-refractivity contribution in [2.24, 2.45) is 5.92 Å². The largest absolute Gasteiger partial charge is 0.493 e. The Morgan fingerprint density at radius 2 is 2.09 bits per heavy atom. The minimum absolute atomic E-state index is 0.00226. The number of rotatable bonds is 11. The van der Waals surface area contributed by atoms with Gasteiger partial charge in [0, 0.05) is 17.0 Å². The molecular weight excluding hydrogens is 424 g/mol. The molecule has 0 spiro atoms. The van der Waals surface area contributed by atoms with Crippen LogP contribution < -0.4 is 14.8 Å². The smallest absolute Gasteiger partial charge is 0.227 e. The van der Waals surface area contributed by atoms with Gasteiger partial charge >= 0.3 is 0 Å². The summed E-state index contributed by atoms with van der Waals surface area (Å²) in [6.07, 6.45) is 3.20. The lowest BCUT2D eigenvalue weighted by Gasteiger charge is -2.28. The van der Waals surface area contributed by atoms with Gasteiger partial charge in [0.25, 0.3) is 0 Å². The molecule has 0 radical (unpaired) electrons. The Bertz CT molecular complexity index is 984. The molecule has 1 unspecified atom stereocenters. The van der Waals surface area contributed by atoms with Crippen LogP contribution in [0.1, 0.15) is 65.5 Å². The van der Waals surface area contributed by atoms with Crippen LogP contribution in [0.3, 0.4) is 0 Å². The van der Waals surface area contributed by atoms with Crippen LogP contribution in [0, 0.1) is 5.92 Å². The fraction of sp³-hybridized carbons (Fsp3) is 0.542. The minimum atomic E-state index is -0.379. The minimum Gasteiger partial charge on any atom is -0.493 e. The number of unbranched alkanes of at least 4 members (excludes halogenated alkanes) is 1. The van der Waals surface area contributed by atoms with Crippen molar-refractivity contribution in [2.45, 2.75) is 65.1 Å². The summed E-state index contributed by atoms with van der Waals surface area (Å²) in [7, 11) is 1.63. The molecule has 0 bridgehead atoms. The van der Waals surface area contributed by atoms with Gasteiger partial charge in [-0.05, 0) is 50.3 Å². The lowest BCUT2D eigenvalue weighted by Crippen LogP contribution is -2.27. The first kappa shape index (κ1) is 24.2. The van der Waals surface area contributed by atoms with Gasteiger partial charge in [-0.3, -0.25) is 4.79 Å². The Morgan fingerprint density at radius 1 is 1.31 bits per heavy atom. The number of allylic oxidation sites excluding steroid dienone is 2. The first-order valence-corrected chi connectivity index (χ1v) is 12.2. The van der Waals surface area contributed by atoms with Crippen LogP contribution in [0.5, 0.6) is 11.5 Å². The summed E-state index contributed by atoms with van der Waals surface area (Å²) < 4.78 is 13.4. The molecule has 3 rings (SSSR count). The highest BCUT2D eigenvalue weighted by Crippen LogP contribution is 2.39. The second kappa shape index (κ2) is 10.9. The van der Waals surface area contributed by atoms with Gasteiger partial charge in [0.2, 0.25) is 11.1 Å². The number of hydrogen-bond acceptors (Lipinski definition) is 7. The van der Waals surface area contributed by atoms with E-state index in [1.807, 2.05) is 29.8 Å². The Hall–Kier alpha value is -2.48. The predicted octanol–water partition coefficient (Wildman–Crippen LogP) is 5.48. The molecule has 0 amide bonds. The number of hydrogen-bond donors (Lipinski definition) is 1. The van der Waals surface area contributed by atoms with Crippen molar-refractivity contribution in [1.29, 1.82) is 0 Å². The summed E-state index contributed by atoms with van der Waals surface area (Å²) in [5, 5.41) is 8.71. The number of carbonyl (C=O) groups is 1. The third-order valence-corrected chi connectivity index (χ3v) is 6.32. The molecule has 2 aromatic rings. The van der Waals surface area contributed by atoms with Crippen LogP contribution in [0.25, 0.3) is 0 Å². The topological polar surface area (TPSA) is 78.3 Å². The van der Waals surface area contributed by atoms with Gasteiger partial charge in [-0.25, -0.2) is 4.68 Å². The first-order chi connectivity index (χ1) is 15.3. The molecule has 2 heterocycles. The molecule has 1 aliphatic heterocycles. The molecule has 8 heteroatoms. The van der Waals surface area contributed by atoms with Crippen LogP contribution in [0.15, 0.2) is 34.6 Å². The third-order valence-electron chi connectivity index (χ3n) is 5.40. The van der Waals surface area contributed by atoms with Gasteiger partial charge in [-0.15, -0.1) is 5.10 Å². The number of anilines is 1. The molecule has 32 heavy (non-hydrogen) atoms. The Balaban J connectivity index is 1.97. The maximum absolute atomic E-state index is 12.6. The summed E-state index contributed by atoms with van der Waals surface area (Å²) in [5.41, 5.74) is 2.37. The van der Waals surface area contributed by atoms with E-state index in [1.54, 1.807) is 25.8 Å². The van der Waals surface area contributed by atoms with Crippen LogP contribution in [-0.2, 0) is 4.79 Å². The predicted molar refractivity (Wildman–Crippen MR) is 129 cm³/mol. The normalized spacial score (nSPS) is 15.5. The highest BCUT2D eigenvalue weighted by molar-refractivity contribution is 7.99. The van der Waals surface area contributed by atoms with Crippen LogP contribution in [-0.4, -0.2) is 40.0 Å². The highest BCUT2D eigenvalue weighted by atomic mass is 32.2. The van der Waals surface area contributed by atoms with Crippen molar-refractivity contribution < 1.29 is 14.3 Å². The summed E-state index contributed by atoms with van der Waals surface area (Å²) in [6.45, 7) is 10.6. The van der Waals surface area contributed by atoms with Crippen molar-refractivity contribution in [1.82, 2.24) is 14.8 Å². The van der Waals surface area contributed by atoms with E-state index in [-0.39, 0.29) is 11.8 Å². The molecule has 1 atom stereocenters. The standard InChI is InChI=1S/C24H34N4O3S/c1-7-8-13-32-24-26-23-25-16(4)21(17(5)29)22(28(23)27-24)18-9-10-19(20(14-18)30-6)31-12-11-15(2)3/h9-10,14-15,22H,7-8,11-13H2,1-6H3,(H,25,26,27). The molecule has 0 aliphatic carbocycles. The van der Waals surface area contributed by atoms with E-state index in [2.05, 4.69) is 31.1 Å². The number of Topliss-reactive ketones (excluding diaryl/α,β-unsaturated/α-hetero) is 1. The van der Waals surface area contributed by atoms with Gasteiger partial charge < -0.3 is 14.8 Å². The molecule has 0 fully saturated rings. The number of methoxy groups -OCH3 is 1. The molecule has 7 nitrogen and oxygen atoms in total. The van der Waals surface area contributed by atoms with Crippen molar-refractivity contribution in [2.75, 3.05) is 24.8 Å². The van der Waals surface area contributed by atoms with Gasteiger partial charge in [-0.1, -0.05) is 45.0 Å². The fourth-order valence-corrected chi connectivity index (χ4v) is 4.56. The number of nitrogens with one attached hydrogen (secondary N) is 1. The Kier molecular flexibility index (Phi) is 8.23. The third kappa shape index (κ3) is 5.46. The van der Waals surface area contributed by atoms with E-state index in [9.17, 15) is 4.79 Å². The molecule has 1 aliphatic rings. The zero-order valence-corrected chi connectivity index (χ0v) is 20.7. The second-order valence-electron chi connectivity index (χ2n) is 8.43. The molecule has 1 N–H and O–H groups in total. The van der Waals surface area contributed by atoms with E-state index in [1.165, 1.54) is 0 Å². The number of thioether (sulfide) groups is 1. The maximum Gasteiger partial charge on any atom is 0.227 e. The summed E-state index contributed by atoms with van der Waals surface area (Å²) >= 11 is 1.64. The zero-order chi connectivity index (χ0) is 23.3. The van der Waals surface area contributed by atoms with Crippen LogP contribution in [0.2, 0.25) is 0 Å². The number of carbonyl (C=O) groups excluding carboxylic acids is 1. The number of ether oxygens (including phenoxy) is 2. The molecule has 0 saturated carbocycles. The lowest BCUT2D eigenvalue weighted by molar-refractivity contribution is -0.114. The maximum atomic E-state index is 12.6. The van der Waals surface area contributed by atoms with Gasteiger partial charge in [-0.2, -0.15) is 4.98 Å². The average Bonchev–Trinajstić information content (AvgIpc) is 3.14. The fourth-order valence-electron chi connectivity index (χ4n) is 3.64. The summed E-state index contributed by atoms with van der Waals surface area (Å²) in [5.74, 6) is 3.52. The van der Waals surface area contributed by atoms with Crippen LogP contribution in [0.4, 0.5) is 5.95 Å². The molecule has 174 valence electrons. The van der Waals surface area contributed by atoms with Gasteiger partial charge in [0.05, 0.1) is 13.7 Å². The van der Waals surface area contributed by atoms with Gasteiger partial charge in [0.15, 0.2) is 17.3 Å². The summed E-state index contributed by atoms with van der Waals surface area (Å²) in [6, 6.07) is 5.45. The summed E-state index contributed by atoms with van der Waals surface area (Å²) in [4.78, 5) is 17.3. The molecule has 0 saturated heterocycles. The lowest BCUT2D eigenvalue weighted by atomic mass is 9.93. The first-order valence-electron chi connectivity index (χ1n) is 11.2. The Labute approximate surface area is 195 Å². The number of aromatic nitrogens is 3. The van der Waals surface area contributed by atoms with E-state index < -0.39 is 0 Å². The van der Waals surface area contributed by atoms with E-state index in [4.69, 9.17) is 14.6 Å². The number of nitrogens with zero attached hydrogens (tertiary/aromatic N) is 3. The average molecular weight is 459 g/mol. The molecular formula is C24H34N4O3S. The molecule has 1 aromatic heterocycles. The van der Waals surface area contributed by atoms with Crippen molar-refractivity contribution in [3.8, 4) is 11.5 Å². The van der Waals surface area contributed by atoms with E-state index in [0.717, 1.165) is 36.3 Å². The zero-order valence-electron chi connectivity index (χ0n) is 19.9. The monoisotopic (exact) mass is 458 g/mol. The Morgan fingerprint density at radius 3 is 2.75 bits per heavy atom. The SMILES string of the molecule is CCCCSc1nc2n(n1)C(c1ccc(OCCC(C)C)c(OC)c1)C(C(C)=O)=C(C)N2. The number of ketones is 1. The second-order valence-corrected chi connectivity index (χ2v) is 9.49. The van der Waals surface area contributed by atoms with Crippen molar-refractivity contribution >= 4 is 23.5 Å². The van der Waals surface area contributed by atoms with E-state index in [0.29, 0.717) is 40.7 Å². The molecule has 1 aromatic carbocycles.